The second-order valence-corrected chi connectivity index (χ2v) is 11.1. The fourth-order valence-corrected chi connectivity index (χ4v) is 5.77. The van der Waals surface area contributed by atoms with E-state index in [2.05, 4.69) is 5.09 Å². The quantitative estimate of drug-likeness (QED) is 0.246. The lowest BCUT2D eigenvalue weighted by atomic mass is 10.1. The lowest BCUT2D eigenvalue weighted by molar-refractivity contribution is -0.149. The number of ether oxygens (including phenoxy) is 2. The maximum absolute atomic E-state index is 14.1. The molecule has 1 aromatic heterocycles. The predicted octanol–water partition coefficient (Wildman–Crippen LogP) is 2.61. The number of aromatic amines is 1. The van der Waals surface area contributed by atoms with Crippen molar-refractivity contribution in [1.82, 2.24) is 14.6 Å². The van der Waals surface area contributed by atoms with Crippen molar-refractivity contribution in [2.24, 2.45) is 0 Å². The molecule has 1 fully saturated rings. The molecule has 0 radical (unpaired) electrons. The van der Waals surface area contributed by atoms with Gasteiger partial charge in [-0.3, -0.25) is 23.7 Å². The molecule has 2 heterocycles. The molecule has 14 heteroatoms. The van der Waals surface area contributed by atoms with Crippen LogP contribution in [-0.4, -0.2) is 51.6 Å². The molecule has 1 aliphatic rings. The van der Waals surface area contributed by atoms with Gasteiger partial charge < -0.3 is 19.1 Å². The third-order valence-corrected chi connectivity index (χ3v) is 7.78. The van der Waals surface area contributed by atoms with Gasteiger partial charge in [0.05, 0.1) is 25.5 Å². The highest BCUT2D eigenvalue weighted by atomic mass is 31.2. The first kappa shape index (κ1) is 28.7. The summed E-state index contributed by atoms with van der Waals surface area (Å²) in [5, 5.41) is 14.6. The van der Waals surface area contributed by atoms with Crippen molar-refractivity contribution in [3.63, 3.8) is 0 Å². The molecule has 1 aliphatic heterocycles. The monoisotopic (exact) mass is 565 g/mol. The third kappa shape index (κ3) is 6.45. The summed E-state index contributed by atoms with van der Waals surface area (Å²) >= 11 is 0. The summed E-state index contributed by atoms with van der Waals surface area (Å²) in [7, 11) is -4.36. The van der Waals surface area contributed by atoms with Gasteiger partial charge in [-0.05, 0) is 32.2 Å². The van der Waals surface area contributed by atoms with E-state index >= 15 is 0 Å². The number of benzene rings is 2. The molecule has 0 amide bonds. The van der Waals surface area contributed by atoms with E-state index in [9.17, 15) is 28.4 Å². The van der Waals surface area contributed by atoms with Crippen molar-refractivity contribution >= 4 is 24.5 Å². The van der Waals surface area contributed by atoms with Gasteiger partial charge in [-0.25, -0.2) is 9.36 Å². The SMILES string of the molecule is CCOC(=O)C(C)(C)NP(=O)(OC[C@H]1O[C@@H](n2cc(F)c(=O)[nH]c2=O)C[C@H]1O)Oc1cccc2ccccc12. The molecular weight excluding hydrogens is 536 g/mol. The summed E-state index contributed by atoms with van der Waals surface area (Å²) < 4.78 is 50.9. The van der Waals surface area contributed by atoms with E-state index in [1.165, 1.54) is 13.8 Å². The average Bonchev–Trinajstić information content (AvgIpc) is 3.25. The fourth-order valence-electron chi connectivity index (χ4n) is 4.07. The van der Waals surface area contributed by atoms with E-state index in [0.717, 1.165) is 9.95 Å². The molecule has 0 aliphatic carbocycles. The van der Waals surface area contributed by atoms with Crippen LogP contribution in [-0.2, 0) is 23.4 Å². The van der Waals surface area contributed by atoms with Gasteiger partial charge >= 0.3 is 19.4 Å². The number of rotatable bonds is 10. The van der Waals surface area contributed by atoms with Gasteiger partial charge in [0.15, 0.2) is 0 Å². The van der Waals surface area contributed by atoms with Gasteiger partial charge in [0.1, 0.15) is 23.6 Å². The number of esters is 1. The Balaban J connectivity index is 1.58. The number of carbonyl (C=O) groups excluding carboxylic acids is 1. The largest absolute Gasteiger partial charge is 0.465 e. The third-order valence-electron chi connectivity index (χ3n) is 6.02. The maximum Gasteiger partial charge on any atom is 0.459 e. The van der Waals surface area contributed by atoms with E-state index in [4.69, 9.17) is 18.5 Å². The Labute approximate surface area is 222 Å². The molecule has 2 aromatic carbocycles. The summed E-state index contributed by atoms with van der Waals surface area (Å²) in [6.07, 6.45) is -2.92. The number of fused-ring (bicyclic) bond motifs is 1. The smallest absolute Gasteiger partial charge is 0.459 e. The number of aromatic nitrogens is 2. The van der Waals surface area contributed by atoms with E-state index in [1.807, 2.05) is 23.2 Å². The number of nitrogens with zero attached hydrogens (tertiary/aromatic N) is 1. The highest BCUT2D eigenvalue weighted by Crippen LogP contribution is 2.48. The maximum atomic E-state index is 14.1. The molecule has 39 heavy (non-hydrogen) atoms. The molecule has 1 unspecified atom stereocenters. The van der Waals surface area contributed by atoms with Crippen LogP contribution in [0.3, 0.4) is 0 Å². The van der Waals surface area contributed by atoms with Crippen LogP contribution in [0.2, 0.25) is 0 Å². The Bertz CT molecular complexity index is 1520. The van der Waals surface area contributed by atoms with Crippen LogP contribution in [0.25, 0.3) is 10.8 Å². The van der Waals surface area contributed by atoms with Crippen molar-refractivity contribution in [2.45, 2.75) is 51.2 Å². The summed E-state index contributed by atoms with van der Waals surface area (Å²) in [5.74, 6) is -1.69. The molecule has 1 saturated heterocycles. The number of nitrogens with one attached hydrogen (secondary N) is 2. The average molecular weight is 565 g/mol. The molecule has 0 saturated carbocycles. The summed E-state index contributed by atoms with van der Waals surface area (Å²) in [5.41, 5.74) is -3.62. The predicted molar refractivity (Wildman–Crippen MR) is 138 cm³/mol. The lowest BCUT2D eigenvalue weighted by Crippen LogP contribution is -2.47. The number of halogens is 1. The topological polar surface area (TPSA) is 158 Å². The lowest BCUT2D eigenvalue weighted by Gasteiger charge is -2.30. The highest BCUT2D eigenvalue weighted by molar-refractivity contribution is 7.52. The van der Waals surface area contributed by atoms with Crippen molar-refractivity contribution in [1.29, 1.82) is 0 Å². The molecule has 4 atom stereocenters. The van der Waals surface area contributed by atoms with Crippen LogP contribution in [0, 0.1) is 5.82 Å². The number of hydrogen-bond donors (Lipinski definition) is 3. The van der Waals surface area contributed by atoms with Gasteiger partial charge in [-0.15, -0.1) is 0 Å². The highest BCUT2D eigenvalue weighted by Gasteiger charge is 2.43. The Morgan fingerprint density at radius 3 is 2.72 bits per heavy atom. The zero-order valence-corrected chi connectivity index (χ0v) is 22.4. The Kier molecular flexibility index (Phi) is 8.38. The molecular formula is C25H29FN3O9P. The van der Waals surface area contributed by atoms with Gasteiger partial charge in [-0.2, -0.15) is 9.48 Å². The standard InChI is InChI=1S/C25H29FN3O9P/c1-4-35-23(32)25(2,3)28-39(34,38-19-11-7-9-15-8-5-6-10-16(15)19)36-14-20-18(30)12-21(37-20)29-13-17(26)22(31)27-24(29)33/h5-11,13,18,20-21,30H,4,12,14H2,1-3H3,(H,28,34)(H,27,31,33)/t18-,20-,21-,39?/m1/s1. The Morgan fingerprint density at radius 2 is 1.97 bits per heavy atom. The molecule has 12 nitrogen and oxygen atoms in total. The first-order valence-electron chi connectivity index (χ1n) is 12.2. The van der Waals surface area contributed by atoms with Gasteiger partial charge in [0.2, 0.25) is 5.82 Å². The minimum Gasteiger partial charge on any atom is -0.465 e. The van der Waals surface area contributed by atoms with E-state index in [1.54, 1.807) is 31.2 Å². The number of carbonyl (C=O) groups is 1. The first-order chi connectivity index (χ1) is 18.4. The van der Waals surface area contributed by atoms with E-state index < -0.39 is 61.4 Å². The van der Waals surface area contributed by atoms with Crippen LogP contribution >= 0.6 is 7.75 Å². The van der Waals surface area contributed by atoms with Crippen molar-refractivity contribution in [3.8, 4) is 5.75 Å². The minimum absolute atomic E-state index is 0.0908. The van der Waals surface area contributed by atoms with Crippen molar-refractivity contribution in [3.05, 3.63) is 75.3 Å². The summed E-state index contributed by atoms with van der Waals surface area (Å²) in [6.45, 7) is 4.12. The van der Waals surface area contributed by atoms with E-state index in [-0.39, 0.29) is 18.8 Å². The van der Waals surface area contributed by atoms with Crippen molar-refractivity contribution in [2.75, 3.05) is 13.2 Å². The zero-order valence-electron chi connectivity index (χ0n) is 21.5. The normalized spacial score (nSPS) is 21.0. The molecule has 0 bridgehead atoms. The van der Waals surface area contributed by atoms with Gasteiger partial charge in [0, 0.05) is 11.8 Å². The number of hydrogen-bond acceptors (Lipinski definition) is 9. The van der Waals surface area contributed by atoms with Crippen LogP contribution in [0.5, 0.6) is 5.75 Å². The number of H-pyrrole nitrogens is 1. The summed E-state index contributed by atoms with van der Waals surface area (Å²) in [4.78, 5) is 37.8. The zero-order chi connectivity index (χ0) is 28.4. The summed E-state index contributed by atoms with van der Waals surface area (Å²) in [6, 6.07) is 12.4. The van der Waals surface area contributed by atoms with Gasteiger partial charge in [-0.1, -0.05) is 36.4 Å². The van der Waals surface area contributed by atoms with Gasteiger partial charge in [0.25, 0.3) is 5.56 Å². The fraction of sp³-hybridized carbons (Fsp3) is 0.400. The van der Waals surface area contributed by atoms with E-state index in [0.29, 0.717) is 11.6 Å². The van der Waals surface area contributed by atoms with Crippen molar-refractivity contribution < 1.29 is 37.4 Å². The Morgan fingerprint density at radius 1 is 1.26 bits per heavy atom. The molecule has 3 N–H and O–H groups in total. The molecule has 0 spiro atoms. The van der Waals surface area contributed by atoms with Crippen LogP contribution < -0.4 is 20.9 Å². The van der Waals surface area contributed by atoms with Crippen LogP contribution in [0.15, 0.2) is 58.3 Å². The molecule has 4 rings (SSSR count). The number of aliphatic hydroxyl groups is 1. The first-order valence-corrected chi connectivity index (χ1v) is 13.7. The van der Waals surface area contributed by atoms with Crippen LogP contribution in [0.4, 0.5) is 4.39 Å². The molecule has 3 aromatic rings. The van der Waals surface area contributed by atoms with Crippen LogP contribution in [0.1, 0.15) is 33.4 Å². The second kappa shape index (κ2) is 11.4. The second-order valence-electron chi connectivity index (χ2n) is 9.39. The Hall–Kier alpha value is -3.35. The molecule has 210 valence electrons. The number of aliphatic hydroxyl groups excluding tert-OH is 1. The minimum atomic E-state index is -4.36.